The second-order valence-corrected chi connectivity index (χ2v) is 6.81. The van der Waals surface area contributed by atoms with Crippen LogP contribution in [0.5, 0.6) is 5.88 Å². The van der Waals surface area contributed by atoms with E-state index in [2.05, 4.69) is 25.1 Å². The number of carbonyl (C=O) groups excluding carboxylic acids is 2. The summed E-state index contributed by atoms with van der Waals surface area (Å²) in [4.78, 5) is 49.8. The van der Waals surface area contributed by atoms with Gasteiger partial charge < -0.3 is 15.2 Å². The lowest BCUT2D eigenvalue weighted by molar-refractivity contribution is -0.123. The molecule has 1 heterocycles. The van der Waals surface area contributed by atoms with Crippen LogP contribution in [0.25, 0.3) is 11.0 Å². The molecule has 0 atom stereocenters. The Bertz CT molecular complexity index is 866. The molecule has 2 aromatic rings. The molecule has 0 bridgehead atoms. The lowest BCUT2D eigenvalue weighted by Gasteiger charge is -2.12. The van der Waals surface area contributed by atoms with E-state index in [0.717, 1.165) is 0 Å². The summed E-state index contributed by atoms with van der Waals surface area (Å²) in [5.41, 5.74) is 0.322. The Labute approximate surface area is 149 Å². The Hall–Kier alpha value is -2.55. The van der Waals surface area contributed by atoms with Gasteiger partial charge in [0.2, 0.25) is 5.91 Å². The molecular formula is C15H19N4O6P. The lowest BCUT2D eigenvalue weighted by Crippen LogP contribution is -2.36. The van der Waals surface area contributed by atoms with Gasteiger partial charge in [0, 0.05) is 19.0 Å². The molecule has 0 unspecified atom stereocenters. The van der Waals surface area contributed by atoms with Gasteiger partial charge in [-0.15, -0.1) is 0 Å². The molecule has 26 heavy (non-hydrogen) atoms. The first-order valence-electron chi connectivity index (χ1n) is 7.75. The number of nitrogens with one attached hydrogen (secondary N) is 2. The van der Waals surface area contributed by atoms with Gasteiger partial charge in [0.15, 0.2) is 5.69 Å². The van der Waals surface area contributed by atoms with E-state index in [9.17, 15) is 14.2 Å². The van der Waals surface area contributed by atoms with Gasteiger partial charge in [0.25, 0.3) is 11.8 Å². The minimum absolute atomic E-state index is 0.0984. The molecule has 0 fully saturated rings. The smallest absolute Gasteiger partial charge is 0.383 e. The molecule has 140 valence electrons. The van der Waals surface area contributed by atoms with Crippen molar-refractivity contribution < 1.29 is 28.5 Å². The number of amides is 2. The molecule has 10 nitrogen and oxygen atoms in total. The highest BCUT2D eigenvalue weighted by molar-refractivity contribution is 7.46. The van der Waals surface area contributed by atoms with E-state index in [1.165, 1.54) is 0 Å². The van der Waals surface area contributed by atoms with Crippen LogP contribution in [0.1, 0.15) is 24.3 Å². The van der Waals surface area contributed by atoms with Crippen LogP contribution in [0, 0.1) is 5.92 Å². The van der Waals surface area contributed by atoms with E-state index in [0.29, 0.717) is 11.0 Å². The number of fused-ring (bicyclic) bond motifs is 1. The Morgan fingerprint density at radius 2 is 1.69 bits per heavy atom. The molecule has 0 saturated heterocycles. The topological polar surface area (TPSA) is 151 Å². The number of phosphoric acid groups is 1. The second kappa shape index (κ2) is 8.22. The zero-order valence-corrected chi connectivity index (χ0v) is 15.1. The first-order chi connectivity index (χ1) is 12.2. The van der Waals surface area contributed by atoms with Crippen molar-refractivity contribution >= 4 is 30.7 Å². The third kappa shape index (κ3) is 5.48. The molecule has 0 radical (unpaired) electrons. The van der Waals surface area contributed by atoms with Crippen LogP contribution in [0.3, 0.4) is 0 Å². The summed E-state index contributed by atoms with van der Waals surface area (Å²) in [6.07, 6.45) is 0. The number of hydrogen-bond acceptors (Lipinski definition) is 6. The van der Waals surface area contributed by atoms with Crippen LogP contribution < -0.4 is 15.2 Å². The van der Waals surface area contributed by atoms with Crippen molar-refractivity contribution in [2.45, 2.75) is 13.8 Å². The summed E-state index contributed by atoms with van der Waals surface area (Å²) in [5, 5.41) is 5.12. The monoisotopic (exact) mass is 382 g/mol. The standard InChI is InChI=1S/C15H19N4O6P/c1-9(2)13(20)16-7-8-17-14(21)12-15(25-26(22,23)24)19-11-6-4-3-5-10(11)18-12/h3-6,9H,7-8H2,1-2H3,(H,16,20)(H,17,21)(H2,22,23,24). The van der Waals surface area contributed by atoms with Gasteiger partial charge in [-0.25, -0.2) is 14.5 Å². The lowest BCUT2D eigenvalue weighted by atomic mass is 10.2. The fraction of sp³-hybridized carbons (Fsp3) is 0.333. The maximum absolute atomic E-state index is 12.3. The number of phosphoric ester groups is 1. The SMILES string of the molecule is CC(C)C(=O)NCCNC(=O)c1nc2ccccc2nc1OP(=O)(O)O. The predicted octanol–water partition coefficient (Wildman–Crippen LogP) is 0.603. The summed E-state index contributed by atoms with van der Waals surface area (Å²) in [6, 6.07) is 6.51. The molecule has 1 aromatic heterocycles. The van der Waals surface area contributed by atoms with Crippen molar-refractivity contribution in [2.75, 3.05) is 13.1 Å². The molecule has 4 N–H and O–H groups in total. The molecule has 1 aromatic carbocycles. The first-order valence-corrected chi connectivity index (χ1v) is 9.28. The van der Waals surface area contributed by atoms with Crippen molar-refractivity contribution in [3.05, 3.63) is 30.0 Å². The van der Waals surface area contributed by atoms with Gasteiger partial charge in [0.1, 0.15) is 0 Å². The molecule has 0 aliphatic carbocycles. The van der Waals surface area contributed by atoms with Crippen LogP contribution >= 0.6 is 7.82 Å². The zero-order chi connectivity index (χ0) is 19.3. The number of benzene rings is 1. The van der Waals surface area contributed by atoms with Crippen molar-refractivity contribution in [1.82, 2.24) is 20.6 Å². The first kappa shape index (κ1) is 19.8. The van der Waals surface area contributed by atoms with Gasteiger partial charge >= 0.3 is 7.82 Å². The van der Waals surface area contributed by atoms with Gasteiger partial charge in [0.05, 0.1) is 11.0 Å². The van der Waals surface area contributed by atoms with Crippen LogP contribution in [0.4, 0.5) is 0 Å². The van der Waals surface area contributed by atoms with Crippen LogP contribution in [0.15, 0.2) is 24.3 Å². The number of nitrogens with zero attached hydrogens (tertiary/aromatic N) is 2. The third-order valence-electron chi connectivity index (χ3n) is 3.19. The molecule has 2 amide bonds. The summed E-state index contributed by atoms with van der Waals surface area (Å²) >= 11 is 0. The highest BCUT2D eigenvalue weighted by Gasteiger charge is 2.25. The van der Waals surface area contributed by atoms with E-state index in [1.54, 1.807) is 38.1 Å². The quantitative estimate of drug-likeness (QED) is 0.402. The van der Waals surface area contributed by atoms with Crippen molar-refractivity contribution in [1.29, 1.82) is 0 Å². The molecule has 2 rings (SSSR count). The average molecular weight is 382 g/mol. The molecule has 0 aliphatic heterocycles. The van der Waals surface area contributed by atoms with Gasteiger partial charge in [-0.2, -0.15) is 0 Å². The average Bonchev–Trinajstić information content (AvgIpc) is 2.56. The Balaban J connectivity index is 2.17. The highest BCUT2D eigenvalue weighted by atomic mass is 31.2. The fourth-order valence-electron chi connectivity index (χ4n) is 1.96. The maximum Gasteiger partial charge on any atom is 0.526 e. The number of para-hydroxylation sites is 2. The number of rotatable bonds is 7. The molecule has 0 saturated carbocycles. The Morgan fingerprint density at radius 1 is 1.12 bits per heavy atom. The van der Waals surface area contributed by atoms with Crippen LogP contribution in [-0.4, -0.2) is 44.7 Å². The largest absolute Gasteiger partial charge is 0.526 e. The van der Waals surface area contributed by atoms with Crippen molar-refractivity contribution in [2.24, 2.45) is 5.92 Å². The Morgan fingerprint density at radius 3 is 2.27 bits per heavy atom. The fourth-order valence-corrected chi connectivity index (χ4v) is 2.31. The van der Waals surface area contributed by atoms with Crippen molar-refractivity contribution in [3.63, 3.8) is 0 Å². The van der Waals surface area contributed by atoms with Gasteiger partial charge in [-0.1, -0.05) is 26.0 Å². The van der Waals surface area contributed by atoms with E-state index >= 15 is 0 Å². The number of carbonyl (C=O) groups is 2. The number of hydrogen-bond donors (Lipinski definition) is 4. The zero-order valence-electron chi connectivity index (χ0n) is 14.2. The minimum atomic E-state index is -4.93. The molecule has 11 heteroatoms. The second-order valence-electron chi connectivity index (χ2n) is 5.65. The van der Waals surface area contributed by atoms with Crippen molar-refractivity contribution in [3.8, 4) is 5.88 Å². The van der Waals surface area contributed by atoms with Gasteiger partial charge in [-0.3, -0.25) is 19.4 Å². The normalized spacial score (nSPS) is 11.4. The Kier molecular flexibility index (Phi) is 6.25. The minimum Gasteiger partial charge on any atom is -0.383 e. The summed E-state index contributed by atoms with van der Waals surface area (Å²) < 4.78 is 15.6. The predicted molar refractivity (Wildman–Crippen MR) is 92.4 cm³/mol. The third-order valence-corrected chi connectivity index (χ3v) is 3.60. The molecule has 0 spiro atoms. The number of aromatic nitrogens is 2. The van der Waals surface area contributed by atoms with Gasteiger partial charge in [-0.05, 0) is 12.1 Å². The van der Waals surface area contributed by atoms with E-state index in [-0.39, 0.29) is 30.6 Å². The van der Waals surface area contributed by atoms with E-state index in [1.807, 2.05) is 0 Å². The van der Waals surface area contributed by atoms with E-state index in [4.69, 9.17) is 9.79 Å². The summed E-state index contributed by atoms with van der Waals surface area (Å²) in [6.45, 7) is 3.77. The van der Waals surface area contributed by atoms with E-state index < -0.39 is 19.6 Å². The highest BCUT2D eigenvalue weighted by Crippen LogP contribution is 2.38. The van der Waals surface area contributed by atoms with Crippen LogP contribution in [0.2, 0.25) is 0 Å². The maximum atomic E-state index is 12.3. The molecular weight excluding hydrogens is 363 g/mol. The van der Waals surface area contributed by atoms with Crippen LogP contribution in [-0.2, 0) is 9.36 Å². The summed E-state index contributed by atoms with van der Waals surface area (Å²) in [7, 11) is -4.93. The summed E-state index contributed by atoms with van der Waals surface area (Å²) in [5.74, 6) is -1.64. The molecule has 0 aliphatic rings.